The standard InChI is InChI=1S/C22H16N2O4S/c25-17-7-6-14(12-15(17)22-24-16-3-1-2-4-20(16)29-22)23-21(26)13-5-8-18-19(11-13)28-10-9-27-18/h1-8,11-12,25H,9-10H2,(H,23,26). The number of amides is 1. The van der Waals surface area contributed by atoms with Crippen LogP contribution >= 0.6 is 11.3 Å². The molecule has 0 saturated heterocycles. The van der Waals surface area contributed by atoms with E-state index in [1.54, 1.807) is 36.4 Å². The molecule has 0 atom stereocenters. The number of nitrogens with zero attached hydrogens (tertiary/aromatic N) is 1. The van der Waals surface area contributed by atoms with E-state index in [-0.39, 0.29) is 11.7 Å². The van der Waals surface area contributed by atoms with E-state index in [9.17, 15) is 9.90 Å². The largest absolute Gasteiger partial charge is 0.507 e. The lowest BCUT2D eigenvalue weighted by atomic mass is 10.1. The van der Waals surface area contributed by atoms with Gasteiger partial charge in [0.15, 0.2) is 11.5 Å². The van der Waals surface area contributed by atoms with E-state index in [0.717, 1.165) is 10.2 Å². The van der Waals surface area contributed by atoms with Gasteiger partial charge in [-0.15, -0.1) is 11.3 Å². The van der Waals surface area contributed by atoms with Gasteiger partial charge in [-0.25, -0.2) is 4.98 Å². The molecular formula is C22H16N2O4S. The van der Waals surface area contributed by atoms with Gasteiger partial charge in [-0.1, -0.05) is 12.1 Å². The summed E-state index contributed by atoms with van der Waals surface area (Å²) in [5.74, 6) is 1.03. The van der Waals surface area contributed by atoms with Gasteiger partial charge >= 0.3 is 0 Å². The van der Waals surface area contributed by atoms with E-state index in [2.05, 4.69) is 10.3 Å². The molecule has 1 aliphatic heterocycles. The van der Waals surface area contributed by atoms with Crippen molar-refractivity contribution in [3.05, 3.63) is 66.2 Å². The molecule has 0 bridgehead atoms. The first kappa shape index (κ1) is 17.5. The van der Waals surface area contributed by atoms with Crippen molar-refractivity contribution >= 4 is 33.1 Å². The molecule has 7 heteroatoms. The fraction of sp³-hybridized carbons (Fsp3) is 0.0909. The fourth-order valence-corrected chi connectivity index (χ4v) is 4.15. The number of para-hydroxylation sites is 1. The van der Waals surface area contributed by atoms with E-state index >= 15 is 0 Å². The minimum Gasteiger partial charge on any atom is -0.507 e. The van der Waals surface area contributed by atoms with Crippen LogP contribution in [0.1, 0.15) is 10.4 Å². The van der Waals surface area contributed by atoms with Crippen LogP contribution in [0.25, 0.3) is 20.8 Å². The van der Waals surface area contributed by atoms with Gasteiger partial charge < -0.3 is 19.9 Å². The Hall–Kier alpha value is -3.58. The van der Waals surface area contributed by atoms with Gasteiger partial charge in [0.1, 0.15) is 24.0 Å². The Labute approximate surface area is 170 Å². The second-order valence-corrected chi connectivity index (χ2v) is 7.56. The topological polar surface area (TPSA) is 80.7 Å². The summed E-state index contributed by atoms with van der Waals surface area (Å²) in [5, 5.41) is 13.9. The van der Waals surface area contributed by atoms with Gasteiger partial charge in [-0.05, 0) is 48.5 Å². The molecule has 2 heterocycles. The highest BCUT2D eigenvalue weighted by Gasteiger charge is 2.16. The number of aromatic hydroxyl groups is 1. The first-order valence-electron chi connectivity index (χ1n) is 9.07. The van der Waals surface area contributed by atoms with Gasteiger partial charge in [-0.3, -0.25) is 4.79 Å². The molecule has 0 unspecified atom stereocenters. The lowest BCUT2D eigenvalue weighted by molar-refractivity contribution is 0.102. The molecule has 1 aromatic heterocycles. The molecule has 6 nitrogen and oxygen atoms in total. The third-order valence-corrected chi connectivity index (χ3v) is 5.65. The third kappa shape index (κ3) is 3.36. The maximum Gasteiger partial charge on any atom is 0.255 e. The summed E-state index contributed by atoms with van der Waals surface area (Å²) in [7, 11) is 0. The van der Waals surface area contributed by atoms with Crippen molar-refractivity contribution in [3.8, 4) is 27.8 Å². The number of nitrogens with one attached hydrogen (secondary N) is 1. The van der Waals surface area contributed by atoms with Gasteiger partial charge in [0, 0.05) is 11.3 Å². The molecular weight excluding hydrogens is 388 g/mol. The van der Waals surface area contributed by atoms with Crippen molar-refractivity contribution in [1.82, 2.24) is 4.98 Å². The number of ether oxygens (including phenoxy) is 2. The number of anilines is 1. The number of rotatable bonds is 3. The SMILES string of the molecule is O=C(Nc1ccc(O)c(-c2nc3ccccc3s2)c1)c1ccc2c(c1)OCCO2. The van der Waals surface area contributed by atoms with Crippen molar-refractivity contribution in [2.45, 2.75) is 0 Å². The minimum atomic E-state index is -0.275. The number of thiazole rings is 1. The van der Waals surface area contributed by atoms with Crippen molar-refractivity contribution in [2.24, 2.45) is 0 Å². The molecule has 3 aromatic carbocycles. The summed E-state index contributed by atoms with van der Waals surface area (Å²) in [6.07, 6.45) is 0. The van der Waals surface area contributed by atoms with Gasteiger partial charge in [0.25, 0.3) is 5.91 Å². The summed E-state index contributed by atoms with van der Waals surface area (Å²) >= 11 is 1.49. The Balaban J connectivity index is 1.43. The van der Waals surface area contributed by atoms with Crippen molar-refractivity contribution in [1.29, 1.82) is 0 Å². The van der Waals surface area contributed by atoms with E-state index in [1.165, 1.54) is 11.3 Å². The van der Waals surface area contributed by atoms with Crippen LogP contribution in [0.15, 0.2) is 60.7 Å². The average Bonchev–Trinajstić information content (AvgIpc) is 3.18. The molecule has 1 amide bonds. The Morgan fingerprint density at radius 2 is 1.83 bits per heavy atom. The van der Waals surface area contributed by atoms with E-state index < -0.39 is 0 Å². The monoisotopic (exact) mass is 404 g/mol. The summed E-state index contributed by atoms with van der Waals surface area (Å²) < 4.78 is 12.1. The molecule has 0 fully saturated rings. The molecule has 1 aliphatic rings. The quantitative estimate of drug-likeness (QED) is 0.484. The average molecular weight is 404 g/mol. The van der Waals surface area contributed by atoms with Gasteiger partial charge in [-0.2, -0.15) is 0 Å². The normalized spacial score (nSPS) is 12.7. The number of aromatic nitrogens is 1. The zero-order valence-electron chi connectivity index (χ0n) is 15.2. The Kier molecular flexibility index (Phi) is 4.29. The van der Waals surface area contributed by atoms with Crippen LogP contribution in [-0.4, -0.2) is 29.2 Å². The van der Waals surface area contributed by atoms with Crippen LogP contribution in [0.3, 0.4) is 0 Å². The van der Waals surface area contributed by atoms with Crippen LogP contribution in [0, 0.1) is 0 Å². The molecule has 29 heavy (non-hydrogen) atoms. The molecule has 0 radical (unpaired) electrons. The lowest BCUT2D eigenvalue weighted by Crippen LogP contribution is -2.17. The number of phenols is 1. The van der Waals surface area contributed by atoms with E-state index in [0.29, 0.717) is 46.5 Å². The minimum absolute atomic E-state index is 0.112. The number of hydrogen-bond donors (Lipinski definition) is 2. The summed E-state index contributed by atoms with van der Waals surface area (Å²) in [6, 6.07) is 17.8. The molecule has 0 aliphatic carbocycles. The Bertz CT molecular complexity index is 1200. The highest BCUT2D eigenvalue weighted by molar-refractivity contribution is 7.21. The van der Waals surface area contributed by atoms with Gasteiger partial charge in [0.2, 0.25) is 0 Å². The zero-order valence-corrected chi connectivity index (χ0v) is 16.0. The predicted molar refractivity (Wildman–Crippen MR) is 112 cm³/mol. The molecule has 0 saturated carbocycles. The lowest BCUT2D eigenvalue weighted by Gasteiger charge is -2.18. The molecule has 144 valence electrons. The smallest absolute Gasteiger partial charge is 0.255 e. The number of hydrogen-bond acceptors (Lipinski definition) is 6. The second kappa shape index (κ2) is 7.10. The highest BCUT2D eigenvalue weighted by atomic mass is 32.1. The van der Waals surface area contributed by atoms with E-state index in [4.69, 9.17) is 9.47 Å². The van der Waals surface area contributed by atoms with Gasteiger partial charge in [0.05, 0.1) is 15.8 Å². The first-order valence-corrected chi connectivity index (χ1v) is 9.89. The number of carbonyl (C=O) groups excluding carboxylic acids is 1. The highest BCUT2D eigenvalue weighted by Crippen LogP contribution is 2.37. The van der Waals surface area contributed by atoms with Crippen LogP contribution in [0.2, 0.25) is 0 Å². The molecule has 2 N–H and O–H groups in total. The van der Waals surface area contributed by atoms with Crippen LogP contribution in [0.5, 0.6) is 17.2 Å². The maximum absolute atomic E-state index is 12.7. The van der Waals surface area contributed by atoms with Crippen molar-refractivity contribution < 1.29 is 19.4 Å². The first-order chi connectivity index (χ1) is 14.2. The maximum atomic E-state index is 12.7. The molecule has 5 rings (SSSR count). The number of carbonyl (C=O) groups is 1. The number of fused-ring (bicyclic) bond motifs is 2. The van der Waals surface area contributed by atoms with E-state index in [1.807, 2.05) is 24.3 Å². The fourth-order valence-electron chi connectivity index (χ4n) is 3.16. The number of phenolic OH excluding ortho intramolecular Hbond substituents is 1. The Morgan fingerprint density at radius 3 is 2.69 bits per heavy atom. The van der Waals surface area contributed by atoms with Crippen LogP contribution < -0.4 is 14.8 Å². The zero-order chi connectivity index (χ0) is 19.8. The summed E-state index contributed by atoms with van der Waals surface area (Å²) in [4.78, 5) is 17.3. The van der Waals surface area contributed by atoms with Crippen molar-refractivity contribution in [2.75, 3.05) is 18.5 Å². The Morgan fingerprint density at radius 1 is 1.00 bits per heavy atom. The number of benzene rings is 3. The second-order valence-electron chi connectivity index (χ2n) is 6.53. The van der Waals surface area contributed by atoms with Crippen LogP contribution in [-0.2, 0) is 0 Å². The summed E-state index contributed by atoms with van der Waals surface area (Å²) in [6.45, 7) is 0.960. The predicted octanol–water partition coefficient (Wildman–Crippen LogP) is 4.69. The third-order valence-electron chi connectivity index (χ3n) is 4.58. The van der Waals surface area contributed by atoms with Crippen LogP contribution in [0.4, 0.5) is 5.69 Å². The molecule has 0 spiro atoms. The van der Waals surface area contributed by atoms with Crippen molar-refractivity contribution in [3.63, 3.8) is 0 Å². The molecule has 4 aromatic rings. The summed E-state index contributed by atoms with van der Waals surface area (Å²) in [5.41, 5.74) is 2.48.